The fourth-order valence-electron chi connectivity index (χ4n) is 4.72. The van der Waals surface area contributed by atoms with Crippen molar-refractivity contribution in [2.45, 2.75) is 18.4 Å². The highest BCUT2D eigenvalue weighted by molar-refractivity contribution is 5.95. The summed E-state index contributed by atoms with van der Waals surface area (Å²) in [5.41, 5.74) is 3.91. The SMILES string of the molecule is COCCNC(=O)c1ccc2c(c1)C1C=CCC1C(c1cc(OC)c(OC)c(OC)c1)N2. The maximum absolute atomic E-state index is 12.5. The highest BCUT2D eigenvalue weighted by Crippen LogP contribution is 2.51. The first-order valence-corrected chi connectivity index (χ1v) is 10.8. The molecule has 2 N–H and O–H groups in total. The number of allylic oxidation sites excluding steroid dienone is 2. The van der Waals surface area contributed by atoms with E-state index >= 15 is 0 Å². The first-order chi connectivity index (χ1) is 15.6. The Morgan fingerprint density at radius 1 is 1.06 bits per heavy atom. The molecule has 0 spiro atoms. The lowest BCUT2D eigenvalue weighted by Gasteiger charge is -2.38. The van der Waals surface area contributed by atoms with Crippen LogP contribution in [0.1, 0.15) is 39.9 Å². The number of methoxy groups -OCH3 is 4. The zero-order valence-electron chi connectivity index (χ0n) is 18.9. The second-order valence-electron chi connectivity index (χ2n) is 7.98. The number of fused-ring (bicyclic) bond motifs is 3. The maximum atomic E-state index is 12.5. The summed E-state index contributed by atoms with van der Waals surface area (Å²) in [6, 6.07) is 9.95. The lowest BCUT2D eigenvalue weighted by molar-refractivity contribution is 0.0937. The van der Waals surface area contributed by atoms with E-state index in [2.05, 4.69) is 22.8 Å². The van der Waals surface area contributed by atoms with Gasteiger partial charge in [-0.25, -0.2) is 0 Å². The zero-order valence-corrected chi connectivity index (χ0v) is 18.9. The first-order valence-electron chi connectivity index (χ1n) is 10.8. The average Bonchev–Trinajstić information content (AvgIpc) is 3.32. The molecule has 4 rings (SSSR count). The molecule has 170 valence electrons. The predicted octanol–water partition coefficient (Wildman–Crippen LogP) is 3.92. The van der Waals surface area contributed by atoms with Gasteiger partial charge >= 0.3 is 0 Å². The Labute approximate surface area is 188 Å². The Hall–Kier alpha value is -3.19. The molecular weight excluding hydrogens is 408 g/mol. The minimum Gasteiger partial charge on any atom is -0.493 e. The van der Waals surface area contributed by atoms with Gasteiger partial charge in [0.2, 0.25) is 5.75 Å². The monoisotopic (exact) mass is 438 g/mol. The standard InChI is InChI=1S/C25H30N2O5/c1-29-11-10-26-25(28)15-8-9-20-19(12-15)17-6-5-7-18(17)23(27-20)16-13-21(30-2)24(32-4)22(14-16)31-3/h5-6,8-9,12-14,17-18,23,27H,7,10-11H2,1-4H3,(H,26,28). The number of nitrogens with one attached hydrogen (secondary N) is 2. The van der Waals surface area contributed by atoms with Crippen LogP contribution in [-0.2, 0) is 4.74 Å². The number of carbonyl (C=O) groups excluding carboxylic acids is 1. The van der Waals surface area contributed by atoms with E-state index in [1.165, 1.54) is 0 Å². The Balaban J connectivity index is 1.67. The predicted molar refractivity (Wildman–Crippen MR) is 123 cm³/mol. The van der Waals surface area contributed by atoms with Crippen LogP contribution in [0, 0.1) is 5.92 Å². The summed E-state index contributed by atoms with van der Waals surface area (Å²) in [6.07, 6.45) is 5.42. The zero-order chi connectivity index (χ0) is 22.7. The molecule has 3 atom stereocenters. The normalized spacial score (nSPS) is 20.7. The van der Waals surface area contributed by atoms with E-state index in [4.69, 9.17) is 18.9 Å². The van der Waals surface area contributed by atoms with E-state index in [9.17, 15) is 4.79 Å². The number of amides is 1. The van der Waals surface area contributed by atoms with Crippen molar-refractivity contribution in [1.82, 2.24) is 5.32 Å². The van der Waals surface area contributed by atoms with Crippen LogP contribution in [0.2, 0.25) is 0 Å². The third kappa shape index (κ3) is 4.00. The summed E-state index contributed by atoms with van der Waals surface area (Å²) in [7, 11) is 6.48. The lowest BCUT2D eigenvalue weighted by Crippen LogP contribution is -2.30. The molecule has 0 aromatic heterocycles. The number of hydrogen-bond acceptors (Lipinski definition) is 6. The van der Waals surface area contributed by atoms with E-state index in [0.29, 0.717) is 41.9 Å². The highest BCUT2D eigenvalue weighted by Gasteiger charge is 2.39. The van der Waals surface area contributed by atoms with Gasteiger partial charge < -0.3 is 29.6 Å². The molecule has 7 nitrogen and oxygen atoms in total. The van der Waals surface area contributed by atoms with Crippen LogP contribution in [0.25, 0.3) is 0 Å². The molecule has 1 heterocycles. The van der Waals surface area contributed by atoms with Gasteiger partial charge in [-0.3, -0.25) is 4.79 Å². The molecule has 32 heavy (non-hydrogen) atoms. The van der Waals surface area contributed by atoms with Crippen LogP contribution in [0.5, 0.6) is 17.2 Å². The van der Waals surface area contributed by atoms with E-state index in [1.807, 2.05) is 30.3 Å². The van der Waals surface area contributed by atoms with Crippen molar-refractivity contribution in [3.63, 3.8) is 0 Å². The molecule has 1 aliphatic heterocycles. The molecule has 2 aromatic rings. The molecule has 0 saturated heterocycles. The molecule has 3 unspecified atom stereocenters. The van der Waals surface area contributed by atoms with E-state index < -0.39 is 0 Å². The Morgan fingerprint density at radius 2 is 1.81 bits per heavy atom. The van der Waals surface area contributed by atoms with Crippen LogP contribution in [0.4, 0.5) is 5.69 Å². The second-order valence-corrected chi connectivity index (χ2v) is 7.98. The van der Waals surface area contributed by atoms with Crippen LogP contribution in [-0.4, -0.2) is 47.5 Å². The van der Waals surface area contributed by atoms with Crippen molar-refractivity contribution in [2.75, 3.05) is 46.9 Å². The number of ether oxygens (including phenoxy) is 4. The number of rotatable bonds is 8. The first kappa shape index (κ1) is 22.0. The van der Waals surface area contributed by atoms with Crippen LogP contribution in [0.15, 0.2) is 42.5 Å². The minimum atomic E-state index is -0.0878. The van der Waals surface area contributed by atoms with E-state index in [-0.39, 0.29) is 17.9 Å². The molecule has 2 aromatic carbocycles. The van der Waals surface area contributed by atoms with Crippen LogP contribution < -0.4 is 24.8 Å². The third-order valence-corrected chi connectivity index (χ3v) is 6.26. The van der Waals surface area contributed by atoms with Gasteiger partial charge in [0.15, 0.2) is 11.5 Å². The van der Waals surface area contributed by atoms with Crippen molar-refractivity contribution in [3.05, 3.63) is 59.2 Å². The van der Waals surface area contributed by atoms with Gasteiger partial charge in [0.25, 0.3) is 5.91 Å². The van der Waals surface area contributed by atoms with Crippen molar-refractivity contribution < 1.29 is 23.7 Å². The number of benzene rings is 2. The molecular formula is C25H30N2O5. The molecule has 0 radical (unpaired) electrons. The lowest BCUT2D eigenvalue weighted by atomic mass is 9.76. The summed E-state index contributed by atoms with van der Waals surface area (Å²) in [4.78, 5) is 12.5. The molecule has 0 fully saturated rings. The number of carbonyl (C=O) groups is 1. The fourth-order valence-corrected chi connectivity index (χ4v) is 4.72. The van der Waals surface area contributed by atoms with Gasteiger partial charge in [0.05, 0.1) is 34.0 Å². The summed E-state index contributed by atoms with van der Waals surface area (Å²) < 4.78 is 21.6. The highest BCUT2D eigenvalue weighted by atomic mass is 16.5. The van der Waals surface area contributed by atoms with Crippen molar-refractivity contribution >= 4 is 11.6 Å². The Bertz CT molecular complexity index is 994. The maximum Gasteiger partial charge on any atom is 0.251 e. The van der Waals surface area contributed by atoms with Crippen molar-refractivity contribution in [1.29, 1.82) is 0 Å². The average molecular weight is 439 g/mol. The summed E-state index contributed by atoms with van der Waals surface area (Å²) in [5, 5.41) is 6.59. The Kier molecular flexibility index (Phi) is 6.55. The fraction of sp³-hybridized carbons (Fsp3) is 0.400. The summed E-state index contributed by atoms with van der Waals surface area (Å²) >= 11 is 0. The third-order valence-electron chi connectivity index (χ3n) is 6.26. The van der Waals surface area contributed by atoms with E-state index in [0.717, 1.165) is 23.2 Å². The number of anilines is 1. The van der Waals surface area contributed by atoms with Gasteiger partial charge in [0.1, 0.15) is 0 Å². The van der Waals surface area contributed by atoms with Crippen molar-refractivity contribution in [3.8, 4) is 17.2 Å². The summed E-state index contributed by atoms with van der Waals surface area (Å²) in [5.74, 6) is 2.31. The van der Waals surface area contributed by atoms with Gasteiger partial charge in [-0.05, 0) is 53.8 Å². The van der Waals surface area contributed by atoms with Gasteiger partial charge in [-0.2, -0.15) is 0 Å². The van der Waals surface area contributed by atoms with Crippen LogP contribution in [0.3, 0.4) is 0 Å². The molecule has 7 heteroatoms. The van der Waals surface area contributed by atoms with E-state index in [1.54, 1.807) is 28.4 Å². The Morgan fingerprint density at radius 3 is 2.47 bits per heavy atom. The second kappa shape index (κ2) is 9.53. The molecule has 2 aliphatic rings. The molecule has 0 saturated carbocycles. The smallest absolute Gasteiger partial charge is 0.251 e. The van der Waals surface area contributed by atoms with Gasteiger partial charge in [-0.1, -0.05) is 12.2 Å². The quantitative estimate of drug-likeness (QED) is 0.481. The summed E-state index contributed by atoms with van der Waals surface area (Å²) in [6.45, 7) is 0.974. The largest absolute Gasteiger partial charge is 0.493 e. The van der Waals surface area contributed by atoms with Gasteiger partial charge in [-0.15, -0.1) is 0 Å². The van der Waals surface area contributed by atoms with Crippen LogP contribution >= 0.6 is 0 Å². The number of hydrogen-bond donors (Lipinski definition) is 2. The van der Waals surface area contributed by atoms with Crippen molar-refractivity contribution in [2.24, 2.45) is 5.92 Å². The topological polar surface area (TPSA) is 78.1 Å². The molecule has 1 amide bonds. The minimum absolute atomic E-state index is 0.0672. The van der Waals surface area contributed by atoms with Gasteiger partial charge in [0, 0.05) is 30.8 Å². The molecule has 0 bridgehead atoms. The molecule has 1 aliphatic carbocycles.